The number of phosphoric ester groups is 1. The lowest BCUT2D eigenvalue weighted by Crippen LogP contribution is -2.45. The lowest BCUT2D eigenvalue weighted by atomic mass is 10.0. The van der Waals surface area contributed by atoms with Gasteiger partial charge in [0.05, 0.1) is 39.9 Å². The zero-order valence-electron chi connectivity index (χ0n) is 45.6. The van der Waals surface area contributed by atoms with Gasteiger partial charge < -0.3 is 28.8 Å². The number of aliphatic hydroxyl groups is 1. The Balaban J connectivity index is 4.17. The molecule has 0 fully saturated rings. The summed E-state index contributed by atoms with van der Waals surface area (Å²) in [5.41, 5.74) is 0. The molecule has 0 rings (SSSR count). The predicted molar refractivity (Wildman–Crippen MR) is 289 cm³/mol. The fourth-order valence-electron chi connectivity index (χ4n) is 9.10. The van der Waals surface area contributed by atoms with Gasteiger partial charge >= 0.3 is 0 Å². The molecule has 400 valence electrons. The van der Waals surface area contributed by atoms with Gasteiger partial charge in [-0.05, 0) is 19.3 Å². The smallest absolute Gasteiger partial charge is 0.268 e. The number of quaternary nitrogens is 1. The molecule has 0 aliphatic heterocycles. The molecule has 2 N–H and O–H groups in total. The molecule has 0 bridgehead atoms. The molecular weight excluding hydrogens is 852 g/mol. The van der Waals surface area contributed by atoms with Crippen molar-refractivity contribution in [3.63, 3.8) is 0 Å². The highest BCUT2D eigenvalue weighted by molar-refractivity contribution is 7.45. The van der Waals surface area contributed by atoms with E-state index in [9.17, 15) is 19.4 Å². The van der Waals surface area contributed by atoms with Gasteiger partial charge in [0.15, 0.2) is 0 Å². The van der Waals surface area contributed by atoms with Crippen LogP contribution in [0, 0.1) is 0 Å². The second-order valence-electron chi connectivity index (χ2n) is 21.7. The molecule has 0 aromatic rings. The second kappa shape index (κ2) is 50.2. The van der Waals surface area contributed by atoms with Crippen LogP contribution in [0.5, 0.6) is 0 Å². The molecule has 0 aromatic carbocycles. The van der Waals surface area contributed by atoms with E-state index in [1.165, 1.54) is 244 Å². The molecule has 67 heavy (non-hydrogen) atoms. The van der Waals surface area contributed by atoms with Gasteiger partial charge in [-0.25, -0.2) is 0 Å². The minimum atomic E-state index is -4.59. The van der Waals surface area contributed by atoms with Crippen molar-refractivity contribution in [1.29, 1.82) is 0 Å². The third-order valence-electron chi connectivity index (χ3n) is 13.7. The molecule has 0 saturated carbocycles. The van der Waals surface area contributed by atoms with E-state index in [-0.39, 0.29) is 19.1 Å². The first kappa shape index (κ1) is 66.2. The SMILES string of the molecule is CCCCCCCCCCCCCCCCCCCCCC/C=C/C(O)C(COP(=O)([O-])OCC[N+](C)(C)C)NC(=O)CCCCCCCCCCCCCCCCCCCCCCCCC. The number of nitrogens with one attached hydrogen (secondary N) is 1. The van der Waals surface area contributed by atoms with Gasteiger partial charge in [0, 0.05) is 6.42 Å². The molecule has 1 amide bonds. The molecule has 3 unspecified atom stereocenters. The summed E-state index contributed by atoms with van der Waals surface area (Å²) in [7, 11) is 1.28. The number of aliphatic hydroxyl groups excluding tert-OH is 1. The van der Waals surface area contributed by atoms with E-state index in [0.717, 1.165) is 38.5 Å². The van der Waals surface area contributed by atoms with Crippen molar-refractivity contribution < 1.29 is 32.9 Å². The summed E-state index contributed by atoms with van der Waals surface area (Å²) in [6.45, 7) is 4.71. The minimum Gasteiger partial charge on any atom is -0.756 e. The topological polar surface area (TPSA) is 108 Å². The van der Waals surface area contributed by atoms with Crippen LogP contribution in [-0.4, -0.2) is 68.5 Å². The third kappa shape index (κ3) is 52.9. The highest BCUT2D eigenvalue weighted by Gasteiger charge is 2.23. The number of unbranched alkanes of at least 4 members (excludes halogenated alkanes) is 42. The monoisotopic (exact) mass is 969 g/mol. The van der Waals surface area contributed by atoms with Crippen molar-refractivity contribution in [2.75, 3.05) is 40.9 Å². The number of nitrogens with zero attached hydrogens (tertiary/aromatic N) is 1. The number of amides is 1. The lowest BCUT2D eigenvalue weighted by molar-refractivity contribution is -0.870. The van der Waals surface area contributed by atoms with Crippen molar-refractivity contribution in [2.24, 2.45) is 0 Å². The number of likely N-dealkylation sites (N-methyl/N-ethyl adjacent to an activating group) is 1. The Labute approximate surface area is 418 Å². The van der Waals surface area contributed by atoms with Crippen LogP contribution in [0.2, 0.25) is 0 Å². The van der Waals surface area contributed by atoms with Crippen molar-refractivity contribution >= 4 is 13.7 Å². The van der Waals surface area contributed by atoms with E-state index in [0.29, 0.717) is 17.4 Å². The summed E-state index contributed by atoms with van der Waals surface area (Å²) < 4.78 is 23.4. The number of rotatable bonds is 55. The Morgan fingerprint density at radius 1 is 0.507 bits per heavy atom. The average molecular weight is 970 g/mol. The van der Waals surface area contributed by atoms with Crippen LogP contribution < -0.4 is 10.2 Å². The first-order chi connectivity index (χ1) is 32.5. The zero-order chi connectivity index (χ0) is 49.2. The van der Waals surface area contributed by atoms with Crippen molar-refractivity contribution in [1.82, 2.24) is 5.32 Å². The van der Waals surface area contributed by atoms with Gasteiger partial charge in [-0.3, -0.25) is 9.36 Å². The highest BCUT2D eigenvalue weighted by Crippen LogP contribution is 2.38. The summed E-state index contributed by atoms with van der Waals surface area (Å²) in [6, 6.07) is -0.882. The highest BCUT2D eigenvalue weighted by atomic mass is 31.2. The van der Waals surface area contributed by atoms with Crippen molar-refractivity contribution in [2.45, 2.75) is 315 Å². The largest absolute Gasteiger partial charge is 0.756 e. The first-order valence-corrected chi connectivity index (χ1v) is 31.0. The second-order valence-corrected chi connectivity index (χ2v) is 23.1. The quantitative estimate of drug-likeness (QED) is 0.0272. The molecule has 0 radical (unpaired) electrons. The number of phosphoric acid groups is 1. The maximum Gasteiger partial charge on any atom is 0.268 e. The van der Waals surface area contributed by atoms with E-state index in [1.807, 2.05) is 27.2 Å². The summed E-state index contributed by atoms with van der Waals surface area (Å²) in [6.07, 6.45) is 61.4. The molecule has 9 heteroatoms. The molecule has 0 aliphatic rings. The van der Waals surface area contributed by atoms with Gasteiger partial charge in [-0.2, -0.15) is 0 Å². The Morgan fingerprint density at radius 2 is 0.806 bits per heavy atom. The Bertz CT molecular complexity index is 1100. The van der Waals surface area contributed by atoms with Crippen molar-refractivity contribution in [3.05, 3.63) is 12.2 Å². The van der Waals surface area contributed by atoms with E-state index in [4.69, 9.17) is 9.05 Å². The molecule has 0 aliphatic carbocycles. The molecule has 8 nitrogen and oxygen atoms in total. The van der Waals surface area contributed by atoms with Crippen LogP contribution in [0.15, 0.2) is 12.2 Å². The zero-order valence-corrected chi connectivity index (χ0v) is 46.5. The normalized spacial score (nSPS) is 14.0. The maximum atomic E-state index is 13.0. The molecule has 0 saturated heterocycles. The number of hydrogen-bond donors (Lipinski definition) is 2. The Kier molecular flexibility index (Phi) is 49.6. The van der Waals surface area contributed by atoms with Gasteiger partial charge in [-0.1, -0.05) is 289 Å². The number of carbonyl (C=O) groups excluding carboxylic acids is 1. The minimum absolute atomic E-state index is 0.00275. The van der Waals surface area contributed by atoms with Crippen LogP contribution >= 0.6 is 7.82 Å². The van der Waals surface area contributed by atoms with E-state index in [2.05, 4.69) is 19.2 Å². The lowest BCUT2D eigenvalue weighted by Gasteiger charge is -2.29. The summed E-state index contributed by atoms with van der Waals surface area (Å²) in [5.74, 6) is -0.190. The van der Waals surface area contributed by atoms with Gasteiger partial charge in [0.25, 0.3) is 7.82 Å². The first-order valence-electron chi connectivity index (χ1n) is 29.6. The summed E-state index contributed by atoms with van der Waals surface area (Å²) in [4.78, 5) is 25.5. The molecular formula is C58H117N2O6P. The van der Waals surface area contributed by atoms with Gasteiger partial charge in [0.1, 0.15) is 13.2 Å². The average Bonchev–Trinajstić information content (AvgIpc) is 3.29. The summed E-state index contributed by atoms with van der Waals surface area (Å²) >= 11 is 0. The number of carbonyl (C=O) groups is 1. The maximum absolute atomic E-state index is 13.0. The summed E-state index contributed by atoms with van der Waals surface area (Å²) in [5, 5.41) is 13.9. The third-order valence-corrected chi connectivity index (χ3v) is 14.7. The van der Waals surface area contributed by atoms with Crippen LogP contribution in [0.25, 0.3) is 0 Å². The fraction of sp³-hybridized carbons (Fsp3) is 0.948. The Hall–Kier alpha value is -0.760. The molecule has 3 atom stereocenters. The molecule has 0 aromatic heterocycles. The predicted octanol–water partition coefficient (Wildman–Crippen LogP) is 17.2. The number of hydrogen-bond acceptors (Lipinski definition) is 6. The van der Waals surface area contributed by atoms with Crippen LogP contribution in [-0.2, 0) is 18.4 Å². The van der Waals surface area contributed by atoms with Crippen LogP contribution in [0.4, 0.5) is 0 Å². The Morgan fingerprint density at radius 3 is 1.12 bits per heavy atom. The van der Waals surface area contributed by atoms with Crippen LogP contribution in [0.1, 0.15) is 303 Å². The van der Waals surface area contributed by atoms with E-state index in [1.54, 1.807) is 6.08 Å². The standard InChI is InChI=1S/C58H117N2O6P/c1-6-8-10-12-14-16-18-20-22-24-26-28-30-32-34-36-38-40-42-44-46-48-50-52-58(62)59-56(55-66-67(63,64)65-54-53-60(3,4)5)57(61)51-49-47-45-43-41-39-37-35-33-31-29-27-25-23-21-19-17-15-13-11-9-7-2/h49,51,56-57,61H,6-48,50,52-55H2,1-5H3,(H-,59,62,63,64)/b51-49+. The van der Waals surface area contributed by atoms with E-state index < -0.39 is 20.0 Å². The molecule has 0 heterocycles. The van der Waals surface area contributed by atoms with Crippen LogP contribution in [0.3, 0.4) is 0 Å². The fourth-order valence-corrected chi connectivity index (χ4v) is 9.82. The van der Waals surface area contributed by atoms with E-state index >= 15 is 0 Å². The number of allylic oxidation sites excluding steroid dienone is 1. The molecule has 0 spiro atoms. The van der Waals surface area contributed by atoms with Gasteiger partial charge in [0.2, 0.25) is 5.91 Å². The van der Waals surface area contributed by atoms with Gasteiger partial charge in [-0.15, -0.1) is 0 Å². The van der Waals surface area contributed by atoms with Crippen molar-refractivity contribution in [3.8, 4) is 0 Å².